The summed E-state index contributed by atoms with van der Waals surface area (Å²) in [7, 11) is 1.81. The van der Waals surface area contributed by atoms with E-state index in [2.05, 4.69) is 31.7 Å². The van der Waals surface area contributed by atoms with Crippen LogP contribution in [0, 0.1) is 17.3 Å². The molecule has 4 aliphatic heterocycles. The first-order valence-corrected chi connectivity index (χ1v) is 13.1. The molecule has 6 heteroatoms. The van der Waals surface area contributed by atoms with Gasteiger partial charge in [0.05, 0.1) is 24.4 Å². The van der Waals surface area contributed by atoms with Crippen molar-refractivity contribution in [2.45, 2.75) is 95.5 Å². The average Bonchev–Trinajstić information content (AvgIpc) is 3.72. The van der Waals surface area contributed by atoms with Crippen molar-refractivity contribution in [2.75, 3.05) is 40.0 Å². The smallest absolute Gasteiger partial charge is 0.222 e. The van der Waals surface area contributed by atoms with Gasteiger partial charge in [-0.05, 0) is 77.0 Å². The number of allylic oxidation sites excluding steroid dienone is 1. The molecule has 0 N–H and O–H groups in total. The molecule has 2 spiro atoms. The molecule has 5 fully saturated rings. The lowest BCUT2D eigenvalue weighted by atomic mass is 9.64. The fourth-order valence-electron chi connectivity index (χ4n) is 7.19. The minimum atomic E-state index is -0.231. The minimum absolute atomic E-state index is 0.00136. The first kappa shape index (κ1) is 23.8. The zero-order valence-electron chi connectivity index (χ0n) is 21.1. The molecule has 0 bridgehead atoms. The van der Waals surface area contributed by atoms with Crippen LogP contribution in [0.2, 0.25) is 0 Å². The summed E-state index contributed by atoms with van der Waals surface area (Å²) in [5.41, 5.74) is 1.39. The molecule has 1 amide bonds. The van der Waals surface area contributed by atoms with Crippen molar-refractivity contribution in [3.05, 3.63) is 11.6 Å². The summed E-state index contributed by atoms with van der Waals surface area (Å²) >= 11 is 0. The number of carbonyl (C=O) groups excluding carboxylic acids is 1. The number of rotatable bonds is 6. The molecule has 0 aromatic rings. The van der Waals surface area contributed by atoms with Crippen LogP contribution in [-0.2, 0) is 23.7 Å². The molecule has 0 aromatic carbocycles. The summed E-state index contributed by atoms with van der Waals surface area (Å²) in [6.07, 6.45) is 10.5. The van der Waals surface area contributed by atoms with Crippen LogP contribution in [0.15, 0.2) is 11.6 Å². The normalized spacial score (nSPS) is 41.8. The van der Waals surface area contributed by atoms with E-state index in [0.29, 0.717) is 17.7 Å². The highest BCUT2D eigenvalue weighted by atomic mass is 16.6. The molecule has 2 unspecified atom stereocenters. The summed E-state index contributed by atoms with van der Waals surface area (Å²) in [6, 6.07) is 0. The highest BCUT2D eigenvalue weighted by molar-refractivity contribution is 5.76. The molecular weight excluding hydrogens is 418 g/mol. The Morgan fingerprint density at radius 3 is 2.42 bits per heavy atom. The average molecular weight is 462 g/mol. The summed E-state index contributed by atoms with van der Waals surface area (Å²) < 4.78 is 24.1. The van der Waals surface area contributed by atoms with Crippen LogP contribution >= 0.6 is 0 Å². The molecule has 5 aliphatic rings. The van der Waals surface area contributed by atoms with E-state index in [0.717, 1.165) is 77.9 Å². The van der Waals surface area contributed by atoms with E-state index in [9.17, 15) is 4.79 Å². The van der Waals surface area contributed by atoms with Crippen LogP contribution in [0.1, 0.15) is 72.1 Å². The predicted molar refractivity (Wildman–Crippen MR) is 126 cm³/mol. The maximum Gasteiger partial charge on any atom is 0.222 e. The summed E-state index contributed by atoms with van der Waals surface area (Å²) in [5.74, 6) is 0.716. The zero-order chi connectivity index (χ0) is 23.3. The second kappa shape index (κ2) is 8.92. The second-order valence-electron chi connectivity index (χ2n) is 11.8. The Morgan fingerprint density at radius 1 is 1.12 bits per heavy atom. The number of carbonyl (C=O) groups is 1. The van der Waals surface area contributed by atoms with Gasteiger partial charge in [-0.1, -0.05) is 11.6 Å². The molecule has 6 atom stereocenters. The van der Waals surface area contributed by atoms with Crippen molar-refractivity contribution in [2.24, 2.45) is 17.3 Å². The Kier molecular flexibility index (Phi) is 6.43. The van der Waals surface area contributed by atoms with Gasteiger partial charge in [0.2, 0.25) is 5.91 Å². The van der Waals surface area contributed by atoms with Crippen LogP contribution in [0.25, 0.3) is 0 Å². The number of amides is 1. The van der Waals surface area contributed by atoms with E-state index >= 15 is 0 Å². The Labute approximate surface area is 199 Å². The van der Waals surface area contributed by atoms with Crippen molar-refractivity contribution < 1.29 is 23.7 Å². The van der Waals surface area contributed by atoms with Crippen molar-refractivity contribution >= 4 is 5.91 Å². The van der Waals surface area contributed by atoms with Gasteiger partial charge in [-0.15, -0.1) is 0 Å². The van der Waals surface area contributed by atoms with E-state index in [1.165, 1.54) is 5.57 Å². The Balaban J connectivity index is 1.23. The van der Waals surface area contributed by atoms with Gasteiger partial charge in [0.1, 0.15) is 5.60 Å². The first-order chi connectivity index (χ1) is 15.8. The molecule has 5 rings (SSSR count). The van der Waals surface area contributed by atoms with Gasteiger partial charge in [-0.25, -0.2) is 0 Å². The molecule has 1 aliphatic carbocycles. The minimum Gasteiger partial charge on any atom is -0.381 e. The van der Waals surface area contributed by atoms with E-state index in [1.54, 1.807) is 0 Å². The summed E-state index contributed by atoms with van der Waals surface area (Å²) in [6.45, 7) is 10.9. The molecule has 6 nitrogen and oxygen atoms in total. The van der Waals surface area contributed by atoms with Crippen LogP contribution in [0.4, 0.5) is 0 Å². The van der Waals surface area contributed by atoms with Crippen molar-refractivity contribution in [1.29, 1.82) is 0 Å². The van der Waals surface area contributed by atoms with Gasteiger partial charge in [-0.3, -0.25) is 4.79 Å². The molecule has 4 saturated heterocycles. The van der Waals surface area contributed by atoms with Crippen molar-refractivity contribution in [3.8, 4) is 0 Å². The molecular formula is C27H43NO5. The molecule has 0 aromatic heterocycles. The maximum absolute atomic E-state index is 13.4. The number of methoxy groups -OCH3 is 1. The van der Waals surface area contributed by atoms with Crippen LogP contribution in [0.3, 0.4) is 0 Å². The van der Waals surface area contributed by atoms with E-state index in [-0.39, 0.29) is 35.2 Å². The van der Waals surface area contributed by atoms with Gasteiger partial charge in [0, 0.05) is 45.8 Å². The third-order valence-electron chi connectivity index (χ3n) is 9.59. The highest BCUT2D eigenvalue weighted by Crippen LogP contribution is 2.60. The first-order valence-electron chi connectivity index (χ1n) is 13.1. The lowest BCUT2D eigenvalue weighted by Gasteiger charge is -2.46. The van der Waals surface area contributed by atoms with Gasteiger partial charge in [0.15, 0.2) is 0 Å². The van der Waals surface area contributed by atoms with Crippen LogP contribution in [-0.4, -0.2) is 74.2 Å². The summed E-state index contributed by atoms with van der Waals surface area (Å²) in [4.78, 5) is 15.5. The maximum atomic E-state index is 13.4. The number of hydrogen-bond acceptors (Lipinski definition) is 5. The molecule has 186 valence electrons. The highest BCUT2D eigenvalue weighted by Gasteiger charge is 2.71. The molecule has 0 radical (unpaired) electrons. The number of epoxide rings is 2. The lowest BCUT2D eigenvalue weighted by Crippen LogP contribution is -2.53. The summed E-state index contributed by atoms with van der Waals surface area (Å²) in [5, 5.41) is 0. The molecule has 4 heterocycles. The zero-order valence-corrected chi connectivity index (χ0v) is 21.1. The third kappa shape index (κ3) is 4.53. The van der Waals surface area contributed by atoms with Gasteiger partial charge < -0.3 is 23.8 Å². The van der Waals surface area contributed by atoms with Crippen molar-refractivity contribution in [1.82, 2.24) is 4.90 Å². The number of likely N-dealkylation sites (tertiary alicyclic amines) is 1. The fraction of sp³-hybridized carbons (Fsp3) is 0.889. The Morgan fingerprint density at radius 2 is 1.82 bits per heavy atom. The number of hydrogen-bond donors (Lipinski definition) is 0. The van der Waals surface area contributed by atoms with E-state index < -0.39 is 0 Å². The predicted octanol–water partition coefficient (Wildman–Crippen LogP) is 4.12. The number of ether oxygens (including phenoxy) is 4. The van der Waals surface area contributed by atoms with Crippen LogP contribution in [0.5, 0.6) is 0 Å². The van der Waals surface area contributed by atoms with E-state index in [4.69, 9.17) is 18.9 Å². The SMILES string of the molecule is CO[C@@H]1C(CC(=O)N2CCC3(CCOCC3)CC2)CC[C@]2(CO2)C1[C@@]1(C)O[C@@H]1CC=C(C)C. The number of nitrogens with zero attached hydrogens (tertiary/aromatic N) is 1. The van der Waals surface area contributed by atoms with Gasteiger partial charge in [0.25, 0.3) is 0 Å². The van der Waals surface area contributed by atoms with Crippen LogP contribution < -0.4 is 0 Å². The monoisotopic (exact) mass is 461 g/mol. The molecule has 33 heavy (non-hydrogen) atoms. The topological polar surface area (TPSA) is 63.8 Å². The fourth-order valence-corrected chi connectivity index (χ4v) is 7.19. The van der Waals surface area contributed by atoms with Crippen molar-refractivity contribution in [3.63, 3.8) is 0 Å². The number of piperidine rings is 1. The third-order valence-corrected chi connectivity index (χ3v) is 9.59. The Hall–Kier alpha value is -0.950. The van der Waals surface area contributed by atoms with Gasteiger partial charge in [-0.2, -0.15) is 0 Å². The quantitative estimate of drug-likeness (QED) is 0.440. The Bertz CT molecular complexity index is 756. The second-order valence-corrected chi connectivity index (χ2v) is 11.8. The molecule has 1 saturated carbocycles. The lowest BCUT2D eigenvalue weighted by molar-refractivity contribution is -0.140. The van der Waals surface area contributed by atoms with E-state index in [1.807, 2.05) is 7.11 Å². The van der Waals surface area contributed by atoms with Gasteiger partial charge >= 0.3 is 0 Å². The largest absolute Gasteiger partial charge is 0.381 e. The standard InChI is InChI=1S/C27H43NO5/c1-19(2)5-6-21-25(3,33-21)24-23(30-4)20(7-8-27(24)18-32-27)17-22(29)28-13-9-26(10-14-28)11-15-31-16-12-26/h5,20-21,23-24H,6-18H2,1-4H3/t20?,21-,23-,24?,25+,27+/m1/s1.